The predicted octanol–water partition coefficient (Wildman–Crippen LogP) is 2.03. The van der Waals surface area contributed by atoms with Gasteiger partial charge in [-0.05, 0) is 36.8 Å². The first-order chi connectivity index (χ1) is 6.74. The lowest BCUT2D eigenvalue weighted by Crippen LogP contribution is -2.16. The maximum absolute atomic E-state index is 4.30. The summed E-state index contributed by atoms with van der Waals surface area (Å²) in [7, 11) is 1.99. The zero-order chi connectivity index (χ0) is 10.4. The van der Waals surface area contributed by atoms with E-state index in [9.17, 15) is 0 Å². The molecule has 0 aromatic carbocycles. The van der Waals surface area contributed by atoms with Crippen molar-refractivity contribution in [1.82, 2.24) is 15.1 Å². The molecule has 0 amide bonds. The van der Waals surface area contributed by atoms with Crippen molar-refractivity contribution in [3.63, 3.8) is 0 Å². The van der Waals surface area contributed by atoms with Crippen LogP contribution in [-0.4, -0.2) is 20.8 Å². The van der Waals surface area contributed by atoms with Gasteiger partial charge >= 0.3 is 0 Å². The van der Waals surface area contributed by atoms with Gasteiger partial charge in [-0.25, -0.2) is 0 Å². The normalized spacial score (nSPS) is 10.8. The summed E-state index contributed by atoms with van der Waals surface area (Å²) in [4.78, 5) is 0. The highest BCUT2D eigenvalue weighted by atomic mass is 127. The predicted molar refractivity (Wildman–Crippen MR) is 67.8 cm³/mol. The molecule has 0 radical (unpaired) electrons. The molecule has 0 atom stereocenters. The maximum Gasteiger partial charge on any atom is 0.0597 e. The number of aryl methyl sites for hydroxylation is 2. The number of halogens is 1. The van der Waals surface area contributed by atoms with Gasteiger partial charge in [-0.3, -0.25) is 4.68 Å². The van der Waals surface area contributed by atoms with E-state index in [1.165, 1.54) is 23.0 Å². The van der Waals surface area contributed by atoms with E-state index in [4.69, 9.17) is 0 Å². The smallest absolute Gasteiger partial charge is 0.0597 e. The summed E-state index contributed by atoms with van der Waals surface area (Å²) < 4.78 is 3.20. The van der Waals surface area contributed by atoms with Crippen LogP contribution in [-0.2, 0) is 13.6 Å². The second-order valence-electron chi connectivity index (χ2n) is 3.47. The summed E-state index contributed by atoms with van der Waals surface area (Å²) in [5.74, 6) is 0. The number of alkyl halides is 1. The lowest BCUT2D eigenvalue weighted by atomic mass is 10.3. The zero-order valence-corrected chi connectivity index (χ0v) is 11.0. The highest BCUT2D eigenvalue weighted by Crippen LogP contribution is 2.01. The molecule has 3 nitrogen and oxygen atoms in total. The first-order valence-electron chi connectivity index (χ1n) is 5.00. The molecular weight excluding hydrogens is 289 g/mol. The first kappa shape index (κ1) is 12.0. The van der Waals surface area contributed by atoms with E-state index >= 15 is 0 Å². The summed E-state index contributed by atoms with van der Waals surface area (Å²) in [6.07, 6.45) is 2.57. The van der Waals surface area contributed by atoms with Crippen molar-refractivity contribution in [2.75, 3.05) is 11.0 Å². The zero-order valence-electron chi connectivity index (χ0n) is 8.89. The molecule has 0 unspecified atom stereocenters. The maximum atomic E-state index is 4.30. The molecule has 80 valence electrons. The Morgan fingerprint density at radius 1 is 1.50 bits per heavy atom. The van der Waals surface area contributed by atoms with Crippen LogP contribution in [0.25, 0.3) is 0 Å². The minimum atomic E-state index is 0.929. The molecular formula is C10H18IN3. The fourth-order valence-electron chi connectivity index (χ4n) is 1.39. The van der Waals surface area contributed by atoms with Crippen molar-refractivity contribution in [2.24, 2.45) is 7.05 Å². The Hall–Kier alpha value is -0.100. The number of nitrogens with zero attached hydrogens (tertiary/aromatic N) is 2. The van der Waals surface area contributed by atoms with Crippen molar-refractivity contribution in [3.8, 4) is 0 Å². The fraction of sp³-hybridized carbons (Fsp3) is 0.700. The van der Waals surface area contributed by atoms with Gasteiger partial charge in [0, 0.05) is 13.6 Å². The fourth-order valence-corrected chi connectivity index (χ4v) is 1.93. The molecule has 1 aromatic rings. The molecule has 0 aliphatic rings. The number of nitrogens with one attached hydrogen (secondary N) is 1. The van der Waals surface area contributed by atoms with Crippen LogP contribution in [0.4, 0.5) is 0 Å². The number of hydrogen-bond donors (Lipinski definition) is 1. The Morgan fingerprint density at radius 2 is 2.29 bits per heavy atom. The highest BCUT2D eigenvalue weighted by molar-refractivity contribution is 14.1. The molecule has 0 saturated carbocycles. The summed E-state index contributed by atoms with van der Waals surface area (Å²) in [5, 5.41) is 7.73. The third-order valence-electron chi connectivity index (χ3n) is 2.14. The number of hydrogen-bond acceptors (Lipinski definition) is 2. The van der Waals surface area contributed by atoms with Gasteiger partial charge in [-0.15, -0.1) is 0 Å². The van der Waals surface area contributed by atoms with Gasteiger partial charge in [0.05, 0.1) is 11.4 Å². The quantitative estimate of drug-likeness (QED) is 0.495. The average molecular weight is 307 g/mol. The van der Waals surface area contributed by atoms with Gasteiger partial charge in [-0.1, -0.05) is 22.6 Å². The standard InChI is InChI=1S/C10H18IN3/c1-9-7-10(14(2)13-9)8-12-6-4-3-5-11/h7,12H,3-6,8H2,1-2H3. The van der Waals surface area contributed by atoms with Crippen LogP contribution >= 0.6 is 22.6 Å². The Balaban J connectivity index is 2.21. The van der Waals surface area contributed by atoms with Crippen LogP contribution < -0.4 is 5.32 Å². The Kier molecular flexibility index (Phi) is 5.47. The van der Waals surface area contributed by atoms with Crippen LogP contribution in [0.3, 0.4) is 0 Å². The molecule has 0 saturated heterocycles. The number of unbranched alkanes of at least 4 members (excludes halogenated alkanes) is 1. The van der Waals surface area contributed by atoms with Crippen molar-refractivity contribution >= 4 is 22.6 Å². The average Bonchev–Trinajstić information content (AvgIpc) is 2.45. The molecule has 14 heavy (non-hydrogen) atoms. The van der Waals surface area contributed by atoms with E-state index < -0.39 is 0 Å². The molecule has 1 rings (SSSR count). The van der Waals surface area contributed by atoms with Gasteiger partial charge < -0.3 is 5.32 Å². The molecule has 0 bridgehead atoms. The number of rotatable bonds is 6. The molecule has 1 aromatic heterocycles. The first-order valence-corrected chi connectivity index (χ1v) is 6.53. The largest absolute Gasteiger partial charge is 0.311 e. The Bertz CT molecular complexity index is 270. The second-order valence-corrected chi connectivity index (χ2v) is 4.55. The van der Waals surface area contributed by atoms with Crippen LogP contribution in [0.2, 0.25) is 0 Å². The van der Waals surface area contributed by atoms with Gasteiger partial charge in [0.1, 0.15) is 0 Å². The van der Waals surface area contributed by atoms with Crippen LogP contribution in [0.1, 0.15) is 24.2 Å². The van der Waals surface area contributed by atoms with Crippen molar-refractivity contribution in [2.45, 2.75) is 26.3 Å². The van der Waals surface area contributed by atoms with E-state index in [1.54, 1.807) is 0 Å². The molecule has 0 aliphatic carbocycles. The third-order valence-corrected chi connectivity index (χ3v) is 2.90. The van der Waals surface area contributed by atoms with E-state index in [0.29, 0.717) is 0 Å². The molecule has 0 fully saturated rings. The van der Waals surface area contributed by atoms with Gasteiger partial charge in [-0.2, -0.15) is 5.10 Å². The molecule has 4 heteroatoms. The molecule has 1 N–H and O–H groups in total. The third kappa shape index (κ3) is 3.96. The molecule has 0 spiro atoms. The van der Waals surface area contributed by atoms with E-state index in [2.05, 4.69) is 39.1 Å². The summed E-state index contributed by atoms with van der Waals surface area (Å²) in [6, 6.07) is 2.13. The van der Waals surface area contributed by atoms with E-state index in [0.717, 1.165) is 18.8 Å². The van der Waals surface area contributed by atoms with Gasteiger partial charge in [0.2, 0.25) is 0 Å². The Morgan fingerprint density at radius 3 is 2.86 bits per heavy atom. The minimum absolute atomic E-state index is 0.929. The Labute approximate surface area is 99.4 Å². The van der Waals surface area contributed by atoms with E-state index in [-0.39, 0.29) is 0 Å². The second kappa shape index (κ2) is 6.40. The van der Waals surface area contributed by atoms with Crippen molar-refractivity contribution in [3.05, 3.63) is 17.5 Å². The summed E-state index contributed by atoms with van der Waals surface area (Å²) in [5.41, 5.74) is 2.36. The van der Waals surface area contributed by atoms with Crippen LogP contribution in [0.15, 0.2) is 6.07 Å². The topological polar surface area (TPSA) is 29.9 Å². The molecule has 0 aliphatic heterocycles. The van der Waals surface area contributed by atoms with Crippen LogP contribution in [0.5, 0.6) is 0 Å². The monoisotopic (exact) mass is 307 g/mol. The van der Waals surface area contributed by atoms with Gasteiger partial charge in [0.15, 0.2) is 0 Å². The molecule has 1 heterocycles. The van der Waals surface area contributed by atoms with Crippen molar-refractivity contribution < 1.29 is 0 Å². The van der Waals surface area contributed by atoms with Crippen LogP contribution in [0, 0.1) is 6.92 Å². The number of aromatic nitrogens is 2. The SMILES string of the molecule is Cc1cc(CNCCCCI)n(C)n1. The highest BCUT2D eigenvalue weighted by Gasteiger charge is 2.00. The lowest BCUT2D eigenvalue weighted by molar-refractivity contribution is 0.604. The minimum Gasteiger partial charge on any atom is -0.311 e. The lowest BCUT2D eigenvalue weighted by Gasteiger charge is -2.03. The van der Waals surface area contributed by atoms with Crippen molar-refractivity contribution in [1.29, 1.82) is 0 Å². The van der Waals surface area contributed by atoms with Gasteiger partial charge in [0.25, 0.3) is 0 Å². The summed E-state index contributed by atoms with van der Waals surface area (Å²) >= 11 is 2.42. The van der Waals surface area contributed by atoms with E-state index in [1.807, 2.05) is 18.7 Å². The summed E-state index contributed by atoms with van der Waals surface area (Å²) in [6.45, 7) is 4.06.